The molecule has 7 nitrogen and oxygen atoms in total. The van der Waals surface area contributed by atoms with E-state index in [1.165, 1.54) is 18.2 Å². The highest BCUT2D eigenvalue weighted by atomic mass is 35.5. The van der Waals surface area contributed by atoms with Crippen molar-refractivity contribution in [2.75, 3.05) is 16.2 Å². The van der Waals surface area contributed by atoms with Gasteiger partial charge in [-0.3, -0.25) is 14.4 Å². The SMILES string of the molecule is C=CCN(c1ccccc1)S(=O)(=O)c1cc(C(=O)Nc2nnc(C(F)F)s2)ccc1Cl. The Hall–Kier alpha value is -2.89. The summed E-state index contributed by atoms with van der Waals surface area (Å²) >= 11 is 6.67. The average molecular weight is 485 g/mol. The molecule has 2 aromatic carbocycles. The van der Waals surface area contributed by atoms with Crippen molar-refractivity contribution in [3.8, 4) is 0 Å². The zero-order valence-electron chi connectivity index (χ0n) is 15.7. The normalized spacial score (nSPS) is 11.4. The van der Waals surface area contributed by atoms with E-state index in [0.29, 0.717) is 17.0 Å². The maximum Gasteiger partial charge on any atom is 0.291 e. The zero-order valence-corrected chi connectivity index (χ0v) is 18.1. The lowest BCUT2D eigenvalue weighted by Crippen LogP contribution is -2.31. The number of hydrogen-bond donors (Lipinski definition) is 1. The van der Waals surface area contributed by atoms with Crippen molar-refractivity contribution in [3.63, 3.8) is 0 Å². The first-order valence-corrected chi connectivity index (χ1v) is 11.3. The third-order valence-electron chi connectivity index (χ3n) is 3.95. The number of sulfonamides is 1. The second-order valence-corrected chi connectivity index (χ2v) is 9.25. The van der Waals surface area contributed by atoms with Crippen molar-refractivity contribution in [2.45, 2.75) is 11.3 Å². The number of aromatic nitrogens is 2. The quantitative estimate of drug-likeness (QED) is 0.465. The predicted octanol–water partition coefficient (Wildman–Crippen LogP) is 4.76. The minimum atomic E-state index is -4.16. The fraction of sp³-hybridized carbons (Fsp3) is 0.105. The van der Waals surface area contributed by atoms with Crippen molar-refractivity contribution >= 4 is 49.7 Å². The van der Waals surface area contributed by atoms with Gasteiger partial charge in [-0.1, -0.05) is 47.2 Å². The fourth-order valence-electron chi connectivity index (χ4n) is 2.56. The summed E-state index contributed by atoms with van der Waals surface area (Å²) in [7, 11) is -4.16. The lowest BCUT2D eigenvalue weighted by molar-refractivity contribution is 0.102. The molecule has 0 saturated heterocycles. The number of halogens is 3. The number of para-hydroxylation sites is 1. The summed E-state index contributed by atoms with van der Waals surface area (Å²) in [6.45, 7) is 3.57. The zero-order chi connectivity index (χ0) is 22.6. The standard InChI is InChI=1S/C19H15ClF2N4O3S2/c1-2-10-26(13-6-4-3-5-7-13)31(28,29)15-11-12(8-9-14(15)20)17(27)23-19-25-24-18(30-19)16(21)22/h2-9,11,16H,1,10H2,(H,23,25,27). The van der Waals surface area contributed by atoms with E-state index in [0.717, 1.165) is 10.4 Å². The number of benzene rings is 2. The van der Waals surface area contributed by atoms with Gasteiger partial charge in [0.1, 0.15) is 4.90 Å². The molecule has 3 rings (SSSR count). The average Bonchev–Trinajstić information content (AvgIpc) is 3.21. The highest BCUT2D eigenvalue weighted by Crippen LogP contribution is 2.30. The van der Waals surface area contributed by atoms with E-state index in [1.54, 1.807) is 30.3 Å². The van der Waals surface area contributed by atoms with Gasteiger partial charge in [-0.15, -0.1) is 16.8 Å². The summed E-state index contributed by atoms with van der Waals surface area (Å²) in [6, 6.07) is 12.0. The molecule has 1 heterocycles. The molecule has 0 aliphatic carbocycles. The summed E-state index contributed by atoms with van der Waals surface area (Å²) in [4.78, 5) is 12.2. The first kappa shape index (κ1) is 22.8. The van der Waals surface area contributed by atoms with Gasteiger partial charge in [0.2, 0.25) is 5.13 Å². The number of carbonyl (C=O) groups is 1. The van der Waals surface area contributed by atoms with E-state index in [2.05, 4.69) is 22.1 Å². The van der Waals surface area contributed by atoms with Gasteiger partial charge in [0.05, 0.1) is 17.3 Å². The molecule has 0 aliphatic rings. The number of amides is 1. The van der Waals surface area contributed by atoms with Gasteiger partial charge in [0.15, 0.2) is 5.01 Å². The Kier molecular flexibility index (Phi) is 6.98. The predicted molar refractivity (Wildman–Crippen MR) is 115 cm³/mol. The van der Waals surface area contributed by atoms with Gasteiger partial charge >= 0.3 is 0 Å². The Morgan fingerprint density at radius 3 is 2.55 bits per heavy atom. The number of nitrogens with one attached hydrogen (secondary N) is 1. The van der Waals surface area contributed by atoms with Gasteiger partial charge in [0, 0.05) is 5.56 Å². The van der Waals surface area contributed by atoms with E-state index >= 15 is 0 Å². The van der Waals surface area contributed by atoms with Crippen molar-refractivity contribution in [1.82, 2.24) is 10.2 Å². The Labute approximate surface area is 186 Å². The second kappa shape index (κ2) is 9.50. The number of hydrogen-bond acceptors (Lipinski definition) is 6. The van der Waals surface area contributed by atoms with Crippen LogP contribution in [-0.4, -0.2) is 31.1 Å². The van der Waals surface area contributed by atoms with Gasteiger partial charge < -0.3 is 0 Å². The van der Waals surface area contributed by atoms with Crippen LogP contribution in [0.25, 0.3) is 0 Å². The lowest BCUT2D eigenvalue weighted by Gasteiger charge is -2.24. The van der Waals surface area contributed by atoms with Crippen LogP contribution >= 0.6 is 22.9 Å². The fourth-order valence-corrected chi connectivity index (χ4v) is 5.09. The molecule has 0 spiro atoms. The van der Waals surface area contributed by atoms with Crippen LogP contribution in [0.1, 0.15) is 21.8 Å². The Morgan fingerprint density at radius 1 is 1.23 bits per heavy atom. The summed E-state index contributed by atoms with van der Waals surface area (Å²) in [5, 5.41) is 8.31. The van der Waals surface area contributed by atoms with Crippen LogP contribution in [0, 0.1) is 0 Å². The molecule has 0 radical (unpaired) electrons. The van der Waals surface area contributed by atoms with Crippen LogP contribution in [-0.2, 0) is 10.0 Å². The molecule has 0 atom stereocenters. The van der Waals surface area contributed by atoms with Crippen molar-refractivity contribution < 1.29 is 22.0 Å². The topological polar surface area (TPSA) is 92.3 Å². The molecule has 1 aromatic heterocycles. The molecule has 0 unspecified atom stereocenters. The molecule has 1 amide bonds. The number of anilines is 2. The number of carbonyl (C=O) groups excluding carboxylic acids is 1. The van der Waals surface area contributed by atoms with E-state index in [-0.39, 0.29) is 27.2 Å². The molecule has 0 bridgehead atoms. The van der Waals surface area contributed by atoms with Crippen LogP contribution in [0.5, 0.6) is 0 Å². The van der Waals surface area contributed by atoms with Crippen LogP contribution in [0.15, 0.2) is 66.1 Å². The van der Waals surface area contributed by atoms with Gasteiger partial charge in [-0.2, -0.15) is 0 Å². The summed E-state index contributed by atoms with van der Waals surface area (Å²) in [5.74, 6) is -0.750. The van der Waals surface area contributed by atoms with Gasteiger partial charge in [-0.05, 0) is 30.3 Å². The third kappa shape index (κ3) is 5.06. The first-order chi connectivity index (χ1) is 14.7. The molecule has 0 aliphatic heterocycles. The highest BCUT2D eigenvalue weighted by molar-refractivity contribution is 7.93. The summed E-state index contributed by atoms with van der Waals surface area (Å²) in [5.41, 5.74) is 0.338. The van der Waals surface area contributed by atoms with Crippen molar-refractivity contribution in [2.24, 2.45) is 0 Å². The van der Waals surface area contributed by atoms with Crippen LogP contribution in [0.3, 0.4) is 0 Å². The summed E-state index contributed by atoms with van der Waals surface area (Å²) < 4.78 is 53.0. The molecule has 1 N–H and O–H groups in total. The molecular weight excluding hydrogens is 470 g/mol. The number of rotatable bonds is 8. The molecule has 162 valence electrons. The van der Waals surface area contributed by atoms with E-state index in [1.807, 2.05) is 0 Å². The van der Waals surface area contributed by atoms with Crippen molar-refractivity contribution in [3.05, 3.63) is 76.8 Å². The maximum absolute atomic E-state index is 13.3. The Morgan fingerprint density at radius 2 is 1.94 bits per heavy atom. The molecule has 0 fully saturated rings. The molecule has 12 heteroatoms. The van der Waals surface area contributed by atoms with Crippen LogP contribution in [0.4, 0.5) is 19.6 Å². The lowest BCUT2D eigenvalue weighted by atomic mass is 10.2. The molecule has 3 aromatic rings. The van der Waals surface area contributed by atoms with Crippen molar-refractivity contribution in [1.29, 1.82) is 0 Å². The minimum Gasteiger partial charge on any atom is -0.296 e. The number of nitrogens with zero attached hydrogens (tertiary/aromatic N) is 3. The highest BCUT2D eigenvalue weighted by Gasteiger charge is 2.28. The maximum atomic E-state index is 13.3. The van der Waals surface area contributed by atoms with Gasteiger partial charge in [0.25, 0.3) is 22.4 Å². The number of alkyl halides is 2. The Bertz CT molecular complexity index is 1200. The largest absolute Gasteiger partial charge is 0.296 e. The summed E-state index contributed by atoms with van der Waals surface area (Å²) in [6.07, 6.45) is -1.39. The van der Waals surface area contributed by atoms with E-state index in [4.69, 9.17) is 11.6 Å². The smallest absolute Gasteiger partial charge is 0.291 e. The Balaban J connectivity index is 1.95. The van der Waals surface area contributed by atoms with Gasteiger partial charge in [-0.25, -0.2) is 17.2 Å². The first-order valence-electron chi connectivity index (χ1n) is 8.65. The van der Waals surface area contributed by atoms with Crippen LogP contribution < -0.4 is 9.62 Å². The molecular formula is C19H15ClF2N4O3S2. The molecule has 0 saturated carbocycles. The minimum absolute atomic E-state index is 0.0275. The monoisotopic (exact) mass is 484 g/mol. The van der Waals surface area contributed by atoms with E-state index in [9.17, 15) is 22.0 Å². The second-order valence-electron chi connectivity index (χ2n) is 6.01. The molecule has 31 heavy (non-hydrogen) atoms. The van der Waals surface area contributed by atoms with E-state index < -0.39 is 27.4 Å². The van der Waals surface area contributed by atoms with Crippen LogP contribution in [0.2, 0.25) is 5.02 Å². The third-order valence-corrected chi connectivity index (χ3v) is 7.07.